The van der Waals surface area contributed by atoms with Gasteiger partial charge in [0, 0.05) is 6.54 Å². The molecule has 128 valence electrons. The summed E-state index contributed by atoms with van der Waals surface area (Å²) in [6.45, 7) is 2.39. The van der Waals surface area contributed by atoms with Gasteiger partial charge in [-0.05, 0) is 41.6 Å². The lowest BCUT2D eigenvalue weighted by atomic mass is 10.2. The number of carbonyl (C=O) groups excluding carboxylic acids is 1. The van der Waals surface area contributed by atoms with E-state index in [1.54, 1.807) is 24.3 Å². The lowest BCUT2D eigenvalue weighted by Gasteiger charge is -2.11. The molecule has 0 aliphatic carbocycles. The Kier molecular flexibility index (Phi) is 4.88. The molecular formula is C16H18N2O4S2. The van der Waals surface area contributed by atoms with E-state index in [0.717, 1.165) is 17.0 Å². The molecule has 0 radical (unpaired) electrons. The molecule has 1 saturated heterocycles. The number of hydrogen-bond donors (Lipinski definition) is 1. The van der Waals surface area contributed by atoms with E-state index in [1.807, 2.05) is 24.4 Å². The van der Waals surface area contributed by atoms with E-state index in [1.165, 1.54) is 16.2 Å². The molecule has 1 N–H and O–H groups in total. The number of anilines is 1. The van der Waals surface area contributed by atoms with Crippen LogP contribution in [-0.4, -0.2) is 33.7 Å². The number of sulfonamides is 1. The van der Waals surface area contributed by atoms with Gasteiger partial charge in [0.1, 0.15) is 11.1 Å². The molecule has 0 spiro atoms. The number of thiophene rings is 1. The van der Waals surface area contributed by atoms with Gasteiger partial charge in [-0.3, -0.25) is 4.90 Å². The quantitative estimate of drug-likeness (QED) is 0.853. The number of rotatable bonds is 6. The molecule has 1 unspecified atom stereocenters. The first-order valence-corrected chi connectivity index (χ1v) is 9.96. The zero-order valence-electron chi connectivity index (χ0n) is 13.1. The Morgan fingerprint density at radius 1 is 1.29 bits per heavy atom. The van der Waals surface area contributed by atoms with Crippen molar-refractivity contribution in [1.29, 1.82) is 0 Å². The zero-order valence-corrected chi connectivity index (χ0v) is 14.8. The number of nitrogens with one attached hydrogen (secondary N) is 1. The van der Waals surface area contributed by atoms with Crippen molar-refractivity contribution in [3.8, 4) is 0 Å². The fraction of sp³-hybridized carbons (Fsp3) is 0.312. The molecular weight excluding hydrogens is 348 g/mol. The largest absolute Gasteiger partial charge is 0.443 e. The topological polar surface area (TPSA) is 75.7 Å². The monoisotopic (exact) mass is 366 g/mol. The van der Waals surface area contributed by atoms with Gasteiger partial charge in [0.15, 0.2) is 0 Å². The predicted octanol–water partition coefficient (Wildman–Crippen LogP) is 2.61. The normalized spacial score (nSPS) is 18.0. The van der Waals surface area contributed by atoms with Gasteiger partial charge in [0.25, 0.3) is 0 Å². The third-order valence-electron chi connectivity index (χ3n) is 3.79. The molecule has 24 heavy (non-hydrogen) atoms. The standard InChI is InChI=1S/C16H18N2O4S2/c1-2-12-5-7-14(8-6-12)24(20,21)17-10-13-11-18(16(19)22-13)15-4-3-9-23-15/h3-9,13,17H,2,10-11H2,1H3. The van der Waals surface area contributed by atoms with E-state index in [2.05, 4.69) is 4.72 Å². The SMILES string of the molecule is CCc1ccc(S(=O)(=O)NCC2CN(c3cccs3)C(=O)O2)cc1. The number of benzene rings is 1. The number of nitrogens with zero attached hydrogens (tertiary/aromatic N) is 1. The number of ether oxygens (including phenoxy) is 1. The van der Waals surface area contributed by atoms with E-state index in [4.69, 9.17) is 4.74 Å². The van der Waals surface area contributed by atoms with Gasteiger partial charge in [0.2, 0.25) is 10.0 Å². The molecule has 6 nitrogen and oxygen atoms in total. The number of hydrogen-bond acceptors (Lipinski definition) is 5. The van der Waals surface area contributed by atoms with Crippen LogP contribution in [0.15, 0.2) is 46.7 Å². The van der Waals surface area contributed by atoms with Gasteiger partial charge in [0.05, 0.1) is 11.4 Å². The molecule has 0 saturated carbocycles. The van der Waals surface area contributed by atoms with Crippen molar-refractivity contribution in [2.24, 2.45) is 0 Å². The van der Waals surface area contributed by atoms with Crippen LogP contribution in [0.4, 0.5) is 9.80 Å². The highest BCUT2D eigenvalue weighted by atomic mass is 32.2. The highest BCUT2D eigenvalue weighted by Crippen LogP contribution is 2.26. The summed E-state index contributed by atoms with van der Waals surface area (Å²) >= 11 is 1.44. The fourth-order valence-corrected chi connectivity index (χ4v) is 4.22. The first-order valence-electron chi connectivity index (χ1n) is 7.60. The Bertz CT molecular complexity index is 801. The lowest BCUT2D eigenvalue weighted by Crippen LogP contribution is -2.34. The van der Waals surface area contributed by atoms with Gasteiger partial charge >= 0.3 is 6.09 Å². The predicted molar refractivity (Wildman–Crippen MR) is 92.9 cm³/mol. The molecule has 1 aliphatic rings. The second kappa shape index (κ2) is 6.92. The Labute approximate surface area is 145 Å². The number of cyclic esters (lactones) is 1. The Balaban J connectivity index is 1.62. The van der Waals surface area contributed by atoms with E-state index in [-0.39, 0.29) is 11.4 Å². The van der Waals surface area contributed by atoms with Crippen LogP contribution < -0.4 is 9.62 Å². The van der Waals surface area contributed by atoms with E-state index in [0.29, 0.717) is 6.54 Å². The lowest BCUT2D eigenvalue weighted by molar-refractivity contribution is 0.143. The maximum absolute atomic E-state index is 12.3. The fourth-order valence-electron chi connectivity index (χ4n) is 2.42. The summed E-state index contributed by atoms with van der Waals surface area (Å²) in [5, 5.41) is 2.67. The summed E-state index contributed by atoms with van der Waals surface area (Å²) in [7, 11) is -3.62. The van der Waals surface area contributed by atoms with Crippen LogP contribution in [0.25, 0.3) is 0 Å². The first kappa shape index (κ1) is 16.9. The minimum Gasteiger partial charge on any atom is -0.443 e. The minimum atomic E-state index is -3.62. The Morgan fingerprint density at radius 2 is 2.04 bits per heavy atom. The average molecular weight is 366 g/mol. The van der Waals surface area contributed by atoms with Crippen molar-refractivity contribution in [1.82, 2.24) is 4.72 Å². The van der Waals surface area contributed by atoms with Gasteiger partial charge in [-0.25, -0.2) is 17.9 Å². The molecule has 2 aromatic rings. The molecule has 3 rings (SSSR count). The molecule has 0 bridgehead atoms. The number of aryl methyl sites for hydroxylation is 1. The Hall–Kier alpha value is -1.90. The van der Waals surface area contributed by atoms with E-state index < -0.39 is 22.2 Å². The Morgan fingerprint density at radius 3 is 2.67 bits per heavy atom. The maximum Gasteiger partial charge on any atom is 0.415 e. The minimum absolute atomic E-state index is 0.0471. The second-order valence-electron chi connectivity index (χ2n) is 5.42. The summed E-state index contributed by atoms with van der Waals surface area (Å²) in [6.07, 6.45) is -0.108. The zero-order chi connectivity index (χ0) is 17.2. The second-order valence-corrected chi connectivity index (χ2v) is 8.11. The van der Waals surface area contributed by atoms with Crippen molar-refractivity contribution in [2.75, 3.05) is 18.0 Å². The van der Waals surface area contributed by atoms with Crippen molar-refractivity contribution < 1.29 is 17.9 Å². The van der Waals surface area contributed by atoms with Crippen LogP contribution in [-0.2, 0) is 21.2 Å². The van der Waals surface area contributed by atoms with Crippen molar-refractivity contribution in [3.05, 3.63) is 47.3 Å². The van der Waals surface area contributed by atoms with Crippen molar-refractivity contribution >= 4 is 32.5 Å². The van der Waals surface area contributed by atoms with Gasteiger partial charge in [-0.15, -0.1) is 11.3 Å². The van der Waals surface area contributed by atoms with Crippen LogP contribution in [0.2, 0.25) is 0 Å². The van der Waals surface area contributed by atoms with Crippen molar-refractivity contribution in [2.45, 2.75) is 24.3 Å². The van der Waals surface area contributed by atoms with Gasteiger partial charge in [-0.2, -0.15) is 0 Å². The summed E-state index contributed by atoms with van der Waals surface area (Å²) in [6, 6.07) is 10.4. The summed E-state index contributed by atoms with van der Waals surface area (Å²) in [5.41, 5.74) is 1.07. The molecule has 1 aromatic heterocycles. The van der Waals surface area contributed by atoms with Crippen LogP contribution in [0, 0.1) is 0 Å². The maximum atomic E-state index is 12.3. The molecule has 2 heterocycles. The molecule has 1 atom stereocenters. The molecule has 1 aliphatic heterocycles. The summed E-state index contributed by atoms with van der Waals surface area (Å²) in [5.74, 6) is 0. The van der Waals surface area contributed by atoms with E-state index in [9.17, 15) is 13.2 Å². The van der Waals surface area contributed by atoms with Crippen LogP contribution in [0.3, 0.4) is 0 Å². The first-order chi connectivity index (χ1) is 11.5. The summed E-state index contributed by atoms with van der Waals surface area (Å²) < 4.78 is 32.4. The molecule has 1 fully saturated rings. The average Bonchev–Trinajstić information content (AvgIpc) is 3.22. The molecule has 1 amide bonds. The highest BCUT2D eigenvalue weighted by molar-refractivity contribution is 7.89. The van der Waals surface area contributed by atoms with Crippen LogP contribution >= 0.6 is 11.3 Å². The summed E-state index contributed by atoms with van der Waals surface area (Å²) in [4.78, 5) is 13.6. The van der Waals surface area contributed by atoms with Crippen LogP contribution in [0.5, 0.6) is 0 Å². The third-order valence-corrected chi connectivity index (χ3v) is 6.12. The van der Waals surface area contributed by atoms with Crippen molar-refractivity contribution in [3.63, 3.8) is 0 Å². The van der Waals surface area contributed by atoms with Crippen LogP contribution in [0.1, 0.15) is 12.5 Å². The van der Waals surface area contributed by atoms with E-state index >= 15 is 0 Å². The van der Waals surface area contributed by atoms with Gasteiger partial charge < -0.3 is 4.74 Å². The van der Waals surface area contributed by atoms with Gasteiger partial charge in [-0.1, -0.05) is 19.1 Å². The smallest absolute Gasteiger partial charge is 0.415 e. The molecule has 1 aromatic carbocycles. The molecule has 8 heteroatoms. The number of carbonyl (C=O) groups is 1. The number of amides is 1. The third kappa shape index (κ3) is 3.61. The highest BCUT2D eigenvalue weighted by Gasteiger charge is 2.33.